The Bertz CT molecular complexity index is 2280. The third kappa shape index (κ3) is 7.84. The van der Waals surface area contributed by atoms with Crippen molar-refractivity contribution in [2.45, 2.75) is 64.8 Å². The third-order valence-corrected chi connectivity index (χ3v) is 10.6. The number of nitrogens with zero attached hydrogens (tertiary/aromatic N) is 5. The number of carbonyl (C=O) groups excluding carboxylic acids is 3. The molecule has 0 radical (unpaired) electrons. The molecule has 53 heavy (non-hydrogen) atoms. The van der Waals surface area contributed by atoms with Crippen LogP contribution >= 0.6 is 11.3 Å². The van der Waals surface area contributed by atoms with Crippen molar-refractivity contribution in [3.05, 3.63) is 76.5 Å². The minimum atomic E-state index is -2.83. The number of amides is 3. The predicted octanol–water partition coefficient (Wildman–Crippen LogP) is 6.14. The number of thiazole rings is 1. The van der Waals surface area contributed by atoms with Gasteiger partial charge in [-0.2, -0.15) is 5.10 Å². The molecule has 1 unspecified atom stereocenters. The highest BCUT2D eigenvalue weighted by Crippen LogP contribution is 2.32. The molecule has 3 amide bonds. The summed E-state index contributed by atoms with van der Waals surface area (Å²) in [7, 11) is -2.83. The number of piperidine rings is 1. The average Bonchev–Trinajstić information content (AvgIpc) is 3.73. The van der Waals surface area contributed by atoms with E-state index in [-0.39, 0.29) is 62.4 Å². The van der Waals surface area contributed by atoms with E-state index < -0.39 is 36.6 Å². The minimum Gasteiger partial charge on any atom is -0.496 e. The number of methoxy groups -OCH3 is 1. The summed E-state index contributed by atoms with van der Waals surface area (Å²) in [6.07, 6.45) is 0.351. The Kier molecular flexibility index (Phi) is 9.06. The van der Waals surface area contributed by atoms with Gasteiger partial charge in [-0.05, 0) is 83.0 Å². The Hall–Kier alpha value is -5.08. The number of ether oxygens (including phenoxy) is 2. The molecule has 0 aliphatic carbocycles. The summed E-state index contributed by atoms with van der Waals surface area (Å²) in [5.41, 5.74) is 3.05. The van der Waals surface area contributed by atoms with Crippen molar-refractivity contribution in [1.82, 2.24) is 35.2 Å². The Morgan fingerprint density at radius 1 is 1.06 bits per heavy atom. The van der Waals surface area contributed by atoms with E-state index in [0.29, 0.717) is 24.1 Å². The number of piperazine rings is 1. The number of benzene rings is 3. The van der Waals surface area contributed by atoms with E-state index in [2.05, 4.69) is 20.5 Å². The van der Waals surface area contributed by atoms with E-state index >= 15 is 4.39 Å². The van der Waals surface area contributed by atoms with Crippen molar-refractivity contribution in [3.8, 4) is 17.0 Å². The van der Waals surface area contributed by atoms with Crippen LogP contribution in [0.2, 0.25) is 0 Å². The van der Waals surface area contributed by atoms with Crippen molar-refractivity contribution < 1.29 is 32.4 Å². The molecule has 2 aromatic heterocycles. The number of aryl methyl sites for hydroxylation is 1. The van der Waals surface area contributed by atoms with Crippen molar-refractivity contribution in [2.75, 3.05) is 39.8 Å². The maximum absolute atomic E-state index is 15.4. The van der Waals surface area contributed by atoms with Crippen LogP contribution in [0.3, 0.4) is 0 Å². The van der Waals surface area contributed by atoms with E-state index in [1.807, 2.05) is 31.2 Å². The van der Waals surface area contributed by atoms with Crippen molar-refractivity contribution in [3.63, 3.8) is 0 Å². The maximum atomic E-state index is 15.4. The summed E-state index contributed by atoms with van der Waals surface area (Å²) in [6, 6.07) is 14.1. The number of likely N-dealkylation sites (tertiary alicyclic amines) is 1. The fourth-order valence-electron chi connectivity index (χ4n) is 7.08. The van der Waals surface area contributed by atoms with Gasteiger partial charge in [-0.15, -0.1) is 11.3 Å². The summed E-state index contributed by atoms with van der Waals surface area (Å²) in [5.74, 6) is -1.35. The van der Waals surface area contributed by atoms with Crippen LogP contribution in [0.5, 0.6) is 5.75 Å². The summed E-state index contributed by atoms with van der Waals surface area (Å²) in [5, 5.41) is 12.5. The van der Waals surface area contributed by atoms with Crippen LogP contribution in [0.1, 0.15) is 58.7 Å². The predicted molar refractivity (Wildman–Crippen MR) is 201 cm³/mol. The molecule has 14 heteroatoms. The monoisotopic (exact) mass is 744 g/mol. The van der Waals surface area contributed by atoms with Crippen LogP contribution in [-0.4, -0.2) is 105 Å². The second kappa shape index (κ2) is 14.7. The number of aromatic amines is 1. The molecule has 7 rings (SSSR count). The van der Waals surface area contributed by atoms with Crippen LogP contribution in [0.25, 0.3) is 32.4 Å². The Labute approximate surface area is 315 Å². The van der Waals surface area contributed by atoms with Crippen molar-refractivity contribution in [1.29, 1.82) is 0 Å². The highest BCUT2D eigenvalue weighted by molar-refractivity contribution is 7.18. The molecule has 2 N–H and O–H groups in total. The van der Waals surface area contributed by atoms with Crippen LogP contribution in [0, 0.1) is 12.7 Å². The molecule has 0 saturated carbocycles. The molecule has 5 aromatic rings. The first kappa shape index (κ1) is 32.6. The van der Waals surface area contributed by atoms with Crippen molar-refractivity contribution >= 4 is 50.4 Å². The first-order valence-corrected chi connectivity index (χ1v) is 18.5. The van der Waals surface area contributed by atoms with Gasteiger partial charge in [-0.25, -0.2) is 14.2 Å². The molecule has 12 nitrogen and oxygen atoms in total. The highest BCUT2D eigenvalue weighted by Gasteiger charge is 2.38. The number of rotatable bonds is 7. The van der Waals surface area contributed by atoms with Gasteiger partial charge in [-0.1, -0.05) is 12.1 Å². The van der Waals surface area contributed by atoms with E-state index in [4.69, 9.17) is 13.6 Å². The summed E-state index contributed by atoms with van der Waals surface area (Å²) in [6.45, 7) is 8.52. The molecule has 0 spiro atoms. The van der Waals surface area contributed by atoms with Gasteiger partial charge in [0.25, 0.3) is 5.91 Å². The number of aromatic nitrogens is 3. The molecule has 3 aromatic carbocycles. The zero-order chi connectivity index (χ0) is 39.9. The van der Waals surface area contributed by atoms with Crippen molar-refractivity contribution in [2.24, 2.45) is 0 Å². The van der Waals surface area contributed by atoms with Gasteiger partial charge in [0.1, 0.15) is 17.2 Å². The average molecular weight is 745 g/mol. The topological polar surface area (TPSA) is 133 Å². The molecule has 2 atom stereocenters. The fraction of sp³-hybridized carbons (Fsp3) is 0.410. The summed E-state index contributed by atoms with van der Waals surface area (Å²) < 4.78 is 50.1. The normalized spacial score (nSPS) is 19.5. The Morgan fingerprint density at radius 3 is 2.62 bits per heavy atom. The Balaban J connectivity index is 1.10. The zero-order valence-electron chi connectivity index (χ0n) is 33.1. The molecule has 2 saturated heterocycles. The third-order valence-electron chi connectivity index (χ3n) is 9.69. The van der Waals surface area contributed by atoms with Crippen LogP contribution in [0.15, 0.2) is 54.6 Å². The lowest BCUT2D eigenvalue weighted by atomic mass is 9.95. The molecule has 0 bridgehead atoms. The van der Waals surface area contributed by atoms with Crippen LogP contribution in [0.4, 0.5) is 9.18 Å². The number of hydrogen-bond donors (Lipinski definition) is 2. The molecule has 4 heterocycles. The summed E-state index contributed by atoms with van der Waals surface area (Å²) in [4.78, 5) is 50.3. The van der Waals surface area contributed by atoms with E-state index in [1.54, 1.807) is 58.9 Å². The van der Waals surface area contributed by atoms with Gasteiger partial charge in [0, 0.05) is 67.4 Å². The Morgan fingerprint density at radius 2 is 1.85 bits per heavy atom. The molecule has 2 aliphatic heterocycles. The molecule has 2 aliphatic rings. The SMILES string of the molecule is [2H]C([2H])([2H])Oc1cccc(F)c1CN1C[C@H](NC(=O)c2ccc3[nH]nc(-c4ccc5nc(C)sc5c4)c3c2)CCC1C(=O)N1CCN(C(=O)OC(C)(C)C)CC1. The maximum Gasteiger partial charge on any atom is 0.410 e. The number of H-pyrrole nitrogens is 1. The standard InChI is InChI=1S/C39H44FN7O5S/c1-23-41-31-13-9-24(20-34(31)53-23)35-27-19-25(10-12-30(27)43-44-35)36(48)42-26-11-14-32(47(21-26)22-28-29(40)7-6-8-33(28)51-5)37(49)45-15-17-46(18-16-45)38(50)52-39(2,3)4/h6-10,12-13,19-20,26,32H,11,14-18,21-22H2,1-5H3,(H,42,48)(H,43,44)/t26-,32?/m1/s1/i5D3. The van der Waals surface area contributed by atoms with E-state index in [1.165, 1.54) is 18.2 Å². The quantitative estimate of drug-likeness (QED) is 0.203. The second-order valence-corrected chi connectivity index (χ2v) is 15.8. The highest BCUT2D eigenvalue weighted by atomic mass is 32.1. The number of fused-ring (bicyclic) bond motifs is 2. The number of carbonyl (C=O) groups is 3. The number of hydrogen-bond acceptors (Lipinski definition) is 9. The second-order valence-electron chi connectivity index (χ2n) is 14.6. The lowest BCUT2D eigenvalue weighted by molar-refractivity contribution is -0.140. The number of nitrogens with one attached hydrogen (secondary N) is 2. The smallest absolute Gasteiger partial charge is 0.410 e. The summed E-state index contributed by atoms with van der Waals surface area (Å²) >= 11 is 1.60. The van der Waals surface area contributed by atoms with Gasteiger partial charge in [0.05, 0.1) is 43.6 Å². The van der Waals surface area contributed by atoms with E-state index in [9.17, 15) is 14.4 Å². The largest absolute Gasteiger partial charge is 0.496 e. The van der Waals surface area contributed by atoms with Crippen LogP contribution < -0.4 is 10.1 Å². The van der Waals surface area contributed by atoms with Gasteiger partial charge in [-0.3, -0.25) is 19.6 Å². The van der Waals surface area contributed by atoms with Crippen LogP contribution in [-0.2, 0) is 16.1 Å². The van der Waals surface area contributed by atoms with E-state index in [0.717, 1.165) is 31.7 Å². The zero-order valence-corrected chi connectivity index (χ0v) is 30.9. The molecular weight excluding hydrogens is 698 g/mol. The van der Waals surface area contributed by atoms with Gasteiger partial charge in [0.15, 0.2) is 0 Å². The first-order valence-electron chi connectivity index (χ1n) is 19.1. The molecular formula is C39H44FN7O5S. The molecule has 2 fully saturated rings. The lowest BCUT2D eigenvalue weighted by Gasteiger charge is -2.43. The van der Waals surface area contributed by atoms with Gasteiger partial charge >= 0.3 is 6.09 Å². The number of halogens is 1. The fourth-order valence-corrected chi connectivity index (χ4v) is 7.95. The van der Waals surface area contributed by atoms with Gasteiger partial charge < -0.3 is 24.6 Å². The molecule has 278 valence electrons. The van der Waals surface area contributed by atoms with Gasteiger partial charge in [0.2, 0.25) is 5.91 Å². The minimum absolute atomic E-state index is 0.00670. The lowest BCUT2D eigenvalue weighted by Crippen LogP contribution is -2.59. The first-order chi connectivity index (χ1) is 26.5.